The van der Waals surface area contributed by atoms with Gasteiger partial charge in [-0.3, -0.25) is 4.79 Å². The largest absolute Gasteiger partial charge is 0.396 e. The third kappa shape index (κ3) is 3.49. The van der Waals surface area contributed by atoms with Crippen LogP contribution in [0.15, 0.2) is 60.7 Å². The van der Waals surface area contributed by atoms with Gasteiger partial charge in [-0.15, -0.1) is 11.3 Å². The highest BCUT2D eigenvalue weighted by Crippen LogP contribution is 2.30. The Hall–Kier alpha value is -2.96. The smallest absolute Gasteiger partial charge is 0.265 e. The zero-order chi connectivity index (χ0) is 18.8. The summed E-state index contributed by atoms with van der Waals surface area (Å²) >= 11 is 1.43. The van der Waals surface area contributed by atoms with E-state index in [0.717, 1.165) is 32.8 Å². The normalized spacial score (nSPS) is 11.0. The van der Waals surface area contributed by atoms with E-state index in [1.807, 2.05) is 72.3 Å². The number of rotatable bonds is 5. The van der Waals surface area contributed by atoms with Crippen LogP contribution in [0.3, 0.4) is 0 Å². The summed E-state index contributed by atoms with van der Waals surface area (Å²) in [5, 5.41) is 17.5. The molecule has 2 N–H and O–H groups in total. The Morgan fingerprint density at radius 3 is 2.59 bits per heavy atom. The van der Waals surface area contributed by atoms with E-state index in [1.165, 1.54) is 11.3 Å². The van der Waals surface area contributed by atoms with Crippen molar-refractivity contribution < 1.29 is 9.90 Å². The van der Waals surface area contributed by atoms with Gasteiger partial charge in [0.2, 0.25) is 0 Å². The standard InChI is InChI=1S/C21H19N3O2S/c1-14-18-13-19(20(26)22-16-9-7-15(8-10-16)11-12-25)27-21(18)24(23-14)17-5-3-2-4-6-17/h2-10,13,25H,11-12H2,1H3,(H,22,26). The number of benzene rings is 2. The Labute approximate surface area is 160 Å². The van der Waals surface area contributed by atoms with Crippen molar-refractivity contribution in [3.63, 3.8) is 0 Å². The third-order valence-electron chi connectivity index (χ3n) is 4.38. The van der Waals surface area contributed by atoms with Gasteiger partial charge in [-0.05, 0) is 49.2 Å². The highest BCUT2D eigenvalue weighted by atomic mass is 32.1. The van der Waals surface area contributed by atoms with Gasteiger partial charge in [0.05, 0.1) is 16.3 Å². The lowest BCUT2D eigenvalue weighted by Crippen LogP contribution is -2.10. The van der Waals surface area contributed by atoms with E-state index < -0.39 is 0 Å². The molecule has 0 bridgehead atoms. The molecule has 0 unspecified atom stereocenters. The summed E-state index contributed by atoms with van der Waals surface area (Å²) in [7, 11) is 0. The van der Waals surface area contributed by atoms with E-state index in [2.05, 4.69) is 10.4 Å². The highest BCUT2D eigenvalue weighted by Gasteiger charge is 2.17. The number of amides is 1. The Kier molecular flexibility index (Phi) is 4.75. The van der Waals surface area contributed by atoms with Crippen molar-refractivity contribution in [3.05, 3.63) is 76.8 Å². The van der Waals surface area contributed by atoms with Gasteiger partial charge in [-0.1, -0.05) is 30.3 Å². The zero-order valence-corrected chi connectivity index (χ0v) is 15.7. The molecule has 0 fully saturated rings. The first-order valence-electron chi connectivity index (χ1n) is 8.71. The van der Waals surface area contributed by atoms with Crippen LogP contribution >= 0.6 is 11.3 Å². The van der Waals surface area contributed by atoms with E-state index >= 15 is 0 Å². The lowest BCUT2D eigenvalue weighted by molar-refractivity contribution is 0.103. The number of aliphatic hydroxyl groups excluding tert-OH is 1. The number of nitrogens with one attached hydrogen (secondary N) is 1. The molecule has 0 atom stereocenters. The molecule has 0 aliphatic carbocycles. The number of nitrogens with zero attached hydrogens (tertiary/aromatic N) is 2. The number of hydrogen-bond donors (Lipinski definition) is 2. The Morgan fingerprint density at radius 2 is 1.89 bits per heavy atom. The van der Waals surface area contributed by atoms with Crippen LogP contribution in [0.25, 0.3) is 15.9 Å². The fraction of sp³-hybridized carbons (Fsp3) is 0.143. The SMILES string of the molecule is Cc1nn(-c2ccccc2)c2sc(C(=O)Nc3ccc(CCO)cc3)cc12. The number of para-hydroxylation sites is 1. The quantitative estimate of drug-likeness (QED) is 0.548. The number of fused-ring (bicyclic) bond motifs is 1. The second-order valence-electron chi connectivity index (χ2n) is 6.29. The molecule has 4 aromatic rings. The number of carbonyl (C=O) groups is 1. The minimum absolute atomic E-state index is 0.116. The highest BCUT2D eigenvalue weighted by molar-refractivity contribution is 7.20. The summed E-state index contributed by atoms with van der Waals surface area (Å²) in [5.41, 5.74) is 3.65. The van der Waals surface area contributed by atoms with Crippen LogP contribution < -0.4 is 5.32 Å². The van der Waals surface area contributed by atoms with Gasteiger partial charge in [-0.2, -0.15) is 5.10 Å². The average molecular weight is 377 g/mol. The minimum Gasteiger partial charge on any atom is -0.396 e. The maximum atomic E-state index is 12.7. The van der Waals surface area contributed by atoms with Crippen molar-refractivity contribution in [2.24, 2.45) is 0 Å². The van der Waals surface area contributed by atoms with Crippen molar-refractivity contribution in [1.29, 1.82) is 0 Å². The Balaban J connectivity index is 1.61. The average Bonchev–Trinajstić information content (AvgIpc) is 3.25. The number of carbonyl (C=O) groups excluding carboxylic acids is 1. The van der Waals surface area contributed by atoms with Gasteiger partial charge in [0.1, 0.15) is 4.83 Å². The number of aromatic nitrogens is 2. The van der Waals surface area contributed by atoms with E-state index in [4.69, 9.17) is 5.11 Å². The van der Waals surface area contributed by atoms with Crippen LogP contribution in [0.5, 0.6) is 0 Å². The van der Waals surface area contributed by atoms with Crippen LogP contribution in [0.4, 0.5) is 5.69 Å². The summed E-state index contributed by atoms with van der Waals surface area (Å²) in [4.78, 5) is 14.3. The second kappa shape index (κ2) is 7.34. The monoisotopic (exact) mass is 377 g/mol. The topological polar surface area (TPSA) is 67.2 Å². The summed E-state index contributed by atoms with van der Waals surface area (Å²) in [6.45, 7) is 2.07. The molecule has 136 valence electrons. The van der Waals surface area contributed by atoms with Gasteiger partial charge in [0.15, 0.2) is 0 Å². The molecule has 0 aliphatic heterocycles. The van der Waals surface area contributed by atoms with E-state index in [9.17, 15) is 4.79 Å². The van der Waals surface area contributed by atoms with Crippen LogP contribution in [0, 0.1) is 6.92 Å². The molecule has 0 spiro atoms. The van der Waals surface area contributed by atoms with E-state index in [-0.39, 0.29) is 12.5 Å². The van der Waals surface area contributed by atoms with E-state index in [1.54, 1.807) is 0 Å². The molecule has 2 aromatic carbocycles. The van der Waals surface area contributed by atoms with Crippen molar-refractivity contribution in [2.75, 3.05) is 11.9 Å². The third-order valence-corrected chi connectivity index (χ3v) is 5.49. The van der Waals surface area contributed by atoms with Gasteiger partial charge in [-0.25, -0.2) is 4.68 Å². The number of hydrogen-bond acceptors (Lipinski definition) is 4. The number of aryl methyl sites for hydroxylation is 1. The maximum absolute atomic E-state index is 12.7. The first-order chi connectivity index (χ1) is 13.2. The van der Waals surface area contributed by atoms with Gasteiger partial charge in [0.25, 0.3) is 5.91 Å². The Morgan fingerprint density at radius 1 is 1.15 bits per heavy atom. The van der Waals surface area contributed by atoms with Gasteiger partial charge in [0, 0.05) is 17.7 Å². The molecular formula is C21H19N3O2S. The van der Waals surface area contributed by atoms with Crippen LogP contribution in [-0.2, 0) is 6.42 Å². The molecule has 6 heteroatoms. The number of anilines is 1. The lowest BCUT2D eigenvalue weighted by atomic mass is 10.1. The van der Waals surface area contributed by atoms with Crippen LogP contribution in [0.2, 0.25) is 0 Å². The first-order valence-corrected chi connectivity index (χ1v) is 9.53. The predicted molar refractivity (Wildman–Crippen MR) is 109 cm³/mol. The molecule has 27 heavy (non-hydrogen) atoms. The fourth-order valence-corrected chi connectivity index (χ4v) is 4.06. The molecule has 0 saturated heterocycles. The molecular weight excluding hydrogens is 358 g/mol. The molecule has 2 aromatic heterocycles. The molecule has 2 heterocycles. The molecule has 0 aliphatic rings. The molecule has 1 amide bonds. The van der Waals surface area contributed by atoms with Crippen LogP contribution in [-0.4, -0.2) is 27.4 Å². The summed E-state index contributed by atoms with van der Waals surface area (Å²) in [6, 6.07) is 19.3. The van der Waals surface area contributed by atoms with Crippen LogP contribution in [0.1, 0.15) is 20.9 Å². The molecule has 5 nitrogen and oxygen atoms in total. The molecule has 0 saturated carbocycles. The first kappa shape index (κ1) is 17.5. The summed E-state index contributed by atoms with van der Waals surface area (Å²) in [5.74, 6) is -0.134. The van der Waals surface area contributed by atoms with Crippen molar-refractivity contribution in [1.82, 2.24) is 9.78 Å². The number of aliphatic hydroxyl groups is 1. The fourth-order valence-electron chi connectivity index (χ4n) is 2.98. The Bertz CT molecular complexity index is 1080. The van der Waals surface area contributed by atoms with Gasteiger partial charge >= 0.3 is 0 Å². The second-order valence-corrected chi connectivity index (χ2v) is 7.32. The summed E-state index contributed by atoms with van der Waals surface area (Å²) < 4.78 is 1.88. The van der Waals surface area contributed by atoms with Gasteiger partial charge < -0.3 is 10.4 Å². The molecule has 0 radical (unpaired) electrons. The zero-order valence-electron chi connectivity index (χ0n) is 14.8. The number of thiophene rings is 1. The van der Waals surface area contributed by atoms with Crippen molar-refractivity contribution in [3.8, 4) is 5.69 Å². The lowest BCUT2D eigenvalue weighted by Gasteiger charge is -2.05. The maximum Gasteiger partial charge on any atom is 0.265 e. The molecule has 4 rings (SSSR count). The summed E-state index contributed by atoms with van der Waals surface area (Å²) in [6.07, 6.45) is 0.611. The van der Waals surface area contributed by atoms with Crippen molar-refractivity contribution in [2.45, 2.75) is 13.3 Å². The predicted octanol–water partition coefficient (Wildman–Crippen LogP) is 4.18. The van der Waals surface area contributed by atoms with E-state index in [0.29, 0.717) is 11.3 Å². The minimum atomic E-state index is -0.134. The van der Waals surface area contributed by atoms with Crippen molar-refractivity contribution >= 4 is 33.1 Å².